The second-order valence-electron chi connectivity index (χ2n) is 8.54. The van der Waals surface area contributed by atoms with Crippen LogP contribution < -0.4 is 10.2 Å². The number of rotatable bonds is 7. The fourth-order valence-electron chi connectivity index (χ4n) is 4.18. The summed E-state index contributed by atoms with van der Waals surface area (Å²) in [4.78, 5) is 30.1. The third kappa shape index (κ3) is 6.91. The largest absolute Gasteiger partial charge is 0.368 e. The fourth-order valence-corrected chi connectivity index (χ4v) is 4.60. The van der Waals surface area contributed by atoms with Crippen LogP contribution in [0.1, 0.15) is 22.3 Å². The highest BCUT2D eigenvalue weighted by atomic mass is 35.5. The number of carbonyl (C=O) groups is 2. The van der Waals surface area contributed by atoms with Crippen LogP contribution in [-0.4, -0.2) is 48.9 Å². The first kappa shape index (κ1) is 25.4. The van der Waals surface area contributed by atoms with Gasteiger partial charge in [0.25, 0.3) is 5.91 Å². The molecule has 2 amide bonds. The Hall–Kier alpha value is -2.73. The van der Waals surface area contributed by atoms with E-state index in [0.29, 0.717) is 53.2 Å². The number of amides is 2. The molecule has 1 aliphatic rings. The lowest BCUT2D eigenvalue weighted by Gasteiger charge is -2.37. The maximum absolute atomic E-state index is 13.2. The predicted molar refractivity (Wildman–Crippen MR) is 143 cm³/mol. The van der Waals surface area contributed by atoms with Crippen molar-refractivity contribution in [3.05, 3.63) is 99.0 Å². The van der Waals surface area contributed by atoms with E-state index in [1.807, 2.05) is 47.4 Å². The predicted octanol–water partition coefficient (Wildman–Crippen LogP) is 5.73. The quantitative estimate of drug-likeness (QED) is 0.425. The number of carbonyl (C=O) groups excluding carboxylic acids is 2. The van der Waals surface area contributed by atoms with Crippen LogP contribution in [-0.2, 0) is 11.2 Å². The molecule has 0 spiro atoms. The number of piperazine rings is 1. The lowest BCUT2D eigenvalue weighted by atomic mass is 10.0. The van der Waals surface area contributed by atoms with Gasteiger partial charge in [0, 0.05) is 54.9 Å². The van der Waals surface area contributed by atoms with Crippen LogP contribution in [0.3, 0.4) is 0 Å². The molecule has 5 nitrogen and oxygen atoms in total. The summed E-state index contributed by atoms with van der Waals surface area (Å²) in [6, 6.07) is 21.8. The van der Waals surface area contributed by atoms with Crippen molar-refractivity contribution in [3.63, 3.8) is 0 Å². The van der Waals surface area contributed by atoms with E-state index in [1.54, 1.807) is 30.3 Å². The summed E-state index contributed by atoms with van der Waals surface area (Å²) in [6.07, 6.45) is 0.788. The van der Waals surface area contributed by atoms with E-state index < -0.39 is 0 Å². The van der Waals surface area contributed by atoms with Crippen molar-refractivity contribution in [1.29, 1.82) is 0 Å². The number of benzene rings is 3. The molecule has 1 aliphatic heterocycles. The molecule has 1 N–H and O–H groups in total. The van der Waals surface area contributed by atoms with Gasteiger partial charge in [0.05, 0.1) is 10.0 Å². The van der Waals surface area contributed by atoms with Gasteiger partial charge < -0.3 is 15.1 Å². The van der Waals surface area contributed by atoms with Crippen LogP contribution in [0.25, 0.3) is 0 Å². The average Bonchev–Trinajstić information content (AvgIpc) is 2.86. The van der Waals surface area contributed by atoms with Gasteiger partial charge >= 0.3 is 0 Å². The minimum Gasteiger partial charge on any atom is -0.368 e. The van der Waals surface area contributed by atoms with Crippen molar-refractivity contribution in [2.24, 2.45) is 0 Å². The van der Waals surface area contributed by atoms with E-state index >= 15 is 0 Å². The zero-order valence-electron chi connectivity index (χ0n) is 19.1. The maximum Gasteiger partial charge on any atom is 0.251 e. The molecule has 35 heavy (non-hydrogen) atoms. The van der Waals surface area contributed by atoms with Gasteiger partial charge in [0.1, 0.15) is 0 Å². The van der Waals surface area contributed by atoms with Gasteiger partial charge in [0.2, 0.25) is 5.91 Å². The van der Waals surface area contributed by atoms with E-state index in [-0.39, 0.29) is 24.3 Å². The normalized spacial score (nSPS) is 14.5. The minimum atomic E-state index is -0.332. The van der Waals surface area contributed by atoms with E-state index in [4.69, 9.17) is 34.8 Å². The molecule has 0 aliphatic carbocycles. The van der Waals surface area contributed by atoms with Crippen molar-refractivity contribution in [2.75, 3.05) is 31.1 Å². The Kier molecular flexibility index (Phi) is 8.55. The summed E-state index contributed by atoms with van der Waals surface area (Å²) < 4.78 is 0. The zero-order chi connectivity index (χ0) is 24.8. The van der Waals surface area contributed by atoms with Crippen LogP contribution >= 0.6 is 34.8 Å². The van der Waals surface area contributed by atoms with Crippen LogP contribution in [0.5, 0.6) is 0 Å². The van der Waals surface area contributed by atoms with Crippen molar-refractivity contribution in [2.45, 2.75) is 18.9 Å². The maximum atomic E-state index is 13.2. The number of hydrogen-bond acceptors (Lipinski definition) is 3. The summed E-state index contributed by atoms with van der Waals surface area (Å²) >= 11 is 18.1. The Morgan fingerprint density at radius 1 is 0.829 bits per heavy atom. The highest BCUT2D eigenvalue weighted by Crippen LogP contribution is 2.28. The Morgan fingerprint density at radius 2 is 1.51 bits per heavy atom. The van der Waals surface area contributed by atoms with Crippen LogP contribution in [0.15, 0.2) is 72.8 Å². The van der Waals surface area contributed by atoms with Gasteiger partial charge in [0.15, 0.2) is 0 Å². The number of anilines is 1. The molecule has 1 atom stereocenters. The molecule has 8 heteroatoms. The lowest BCUT2D eigenvalue weighted by molar-refractivity contribution is -0.131. The van der Waals surface area contributed by atoms with Gasteiger partial charge in [-0.15, -0.1) is 0 Å². The first-order valence-corrected chi connectivity index (χ1v) is 12.6. The minimum absolute atomic E-state index is 0.0242. The van der Waals surface area contributed by atoms with Crippen LogP contribution in [0.2, 0.25) is 15.1 Å². The number of halogens is 3. The number of nitrogens with zero attached hydrogens (tertiary/aromatic N) is 2. The summed E-state index contributed by atoms with van der Waals surface area (Å²) in [6.45, 7) is 2.60. The average molecular weight is 531 g/mol. The Morgan fingerprint density at radius 3 is 2.17 bits per heavy atom. The van der Waals surface area contributed by atoms with Crippen molar-refractivity contribution in [1.82, 2.24) is 10.2 Å². The SMILES string of the molecule is O=C(N[C@@H](CC(=O)N1CCN(c2ccc(Cl)c(Cl)c2)CC1)Cc1ccccc1)c1ccc(Cl)cc1. The molecule has 3 aromatic rings. The molecule has 0 bridgehead atoms. The van der Waals surface area contributed by atoms with Gasteiger partial charge in [-0.1, -0.05) is 65.1 Å². The van der Waals surface area contributed by atoms with Gasteiger partial charge in [-0.2, -0.15) is 0 Å². The van der Waals surface area contributed by atoms with E-state index in [9.17, 15) is 9.59 Å². The standard InChI is InChI=1S/C27H26Cl3N3O2/c28-21-8-6-20(7-9-21)27(35)31-22(16-19-4-2-1-3-5-19)17-26(34)33-14-12-32(13-15-33)23-10-11-24(29)25(30)18-23/h1-11,18,22H,12-17H2,(H,31,35)/t22-/m1/s1. The highest BCUT2D eigenvalue weighted by molar-refractivity contribution is 6.42. The third-order valence-electron chi connectivity index (χ3n) is 6.09. The third-order valence-corrected chi connectivity index (χ3v) is 7.08. The summed E-state index contributed by atoms with van der Waals surface area (Å²) in [5.41, 5.74) is 2.56. The Bertz CT molecular complexity index is 1160. The number of nitrogens with one attached hydrogen (secondary N) is 1. The van der Waals surface area contributed by atoms with Gasteiger partial charge in [-0.3, -0.25) is 9.59 Å². The molecule has 0 radical (unpaired) electrons. The second-order valence-corrected chi connectivity index (χ2v) is 9.79. The molecule has 0 aromatic heterocycles. The van der Waals surface area contributed by atoms with Crippen molar-refractivity contribution in [3.8, 4) is 0 Å². The summed E-state index contributed by atoms with van der Waals surface area (Å²) in [7, 11) is 0. The molecular weight excluding hydrogens is 505 g/mol. The summed E-state index contributed by atoms with van der Waals surface area (Å²) in [5, 5.41) is 4.66. The van der Waals surface area contributed by atoms with Gasteiger partial charge in [-0.05, 0) is 54.4 Å². The second kappa shape index (κ2) is 11.8. The van der Waals surface area contributed by atoms with E-state index in [2.05, 4.69) is 10.2 Å². The van der Waals surface area contributed by atoms with Crippen molar-refractivity contribution < 1.29 is 9.59 Å². The molecule has 0 unspecified atom stereocenters. The molecular formula is C27H26Cl3N3O2. The number of hydrogen-bond donors (Lipinski definition) is 1. The fraction of sp³-hybridized carbons (Fsp3) is 0.259. The van der Waals surface area contributed by atoms with Crippen molar-refractivity contribution >= 4 is 52.3 Å². The zero-order valence-corrected chi connectivity index (χ0v) is 21.4. The first-order chi connectivity index (χ1) is 16.9. The topological polar surface area (TPSA) is 52.7 Å². The van der Waals surface area contributed by atoms with Gasteiger partial charge in [-0.25, -0.2) is 0 Å². The van der Waals surface area contributed by atoms with E-state index in [1.165, 1.54) is 0 Å². The first-order valence-electron chi connectivity index (χ1n) is 11.5. The Labute approximate surface area is 220 Å². The lowest BCUT2D eigenvalue weighted by Crippen LogP contribution is -2.50. The molecule has 0 saturated carbocycles. The summed E-state index contributed by atoms with van der Waals surface area (Å²) in [5.74, 6) is -0.198. The Balaban J connectivity index is 1.39. The van der Waals surface area contributed by atoms with Crippen LogP contribution in [0, 0.1) is 0 Å². The van der Waals surface area contributed by atoms with Crippen LogP contribution in [0.4, 0.5) is 5.69 Å². The monoisotopic (exact) mass is 529 g/mol. The molecule has 1 heterocycles. The van der Waals surface area contributed by atoms with E-state index in [0.717, 1.165) is 11.3 Å². The molecule has 3 aromatic carbocycles. The highest BCUT2D eigenvalue weighted by Gasteiger charge is 2.25. The molecule has 182 valence electrons. The smallest absolute Gasteiger partial charge is 0.251 e. The molecule has 1 saturated heterocycles. The molecule has 4 rings (SSSR count). The molecule has 1 fully saturated rings.